The van der Waals surface area contributed by atoms with Crippen LogP contribution in [0, 0.1) is 5.92 Å². The summed E-state index contributed by atoms with van der Waals surface area (Å²) in [5.74, 6) is -0.463. The van der Waals surface area contributed by atoms with Gasteiger partial charge in [0.05, 0.1) is 13.2 Å². The third kappa shape index (κ3) is 5.97. The molecule has 1 heterocycles. The number of piperidine rings is 1. The minimum atomic E-state index is -0.630. The minimum Gasteiger partial charge on any atom is -0.462 e. The molecule has 2 aromatic carbocycles. The van der Waals surface area contributed by atoms with Gasteiger partial charge in [-0.25, -0.2) is 9.59 Å². The van der Waals surface area contributed by atoms with Gasteiger partial charge in [0.25, 0.3) is 0 Å². The zero-order valence-corrected chi connectivity index (χ0v) is 18.3. The van der Waals surface area contributed by atoms with E-state index in [1.165, 1.54) is 11.1 Å². The fourth-order valence-electron chi connectivity index (χ4n) is 4.23. The van der Waals surface area contributed by atoms with Crippen LogP contribution >= 0.6 is 0 Å². The number of esters is 2. The van der Waals surface area contributed by atoms with Gasteiger partial charge in [0.2, 0.25) is 0 Å². The second kappa shape index (κ2) is 11.3. The number of carbonyl (C=O) groups excluding carboxylic acids is 2. The molecule has 1 aliphatic rings. The van der Waals surface area contributed by atoms with Crippen molar-refractivity contribution in [3.05, 3.63) is 83.6 Å². The lowest BCUT2D eigenvalue weighted by Gasteiger charge is -2.36. The molecule has 0 saturated carbocycles. The normalized spacial score (nSPS) is 14.2. The summed E-state index contributed by atoms with van der Waals surface area (Å²) in [6.07, 6.45) is 3.54. The van der Waals surface area contributed by atoms with Gasteiger partial charge in [0.1, 0.15) is 0 Å². The van der Waals surface area contributed by atoms with Crippen LogP contribution in [0.5, 0.6) is 0 Å². The van der Waals surface area contributed by atoms with Gasteiger partial charge in [-0.05, 0) is 43.7 Å². The molecule has 0 aliphatic carbocycles. The molecule has 0 amide bonds. The van der Waals surface area contributed by atoms with Gasteiger partial charge < -0.3 is 14.4 Å². The molecule has 0 spiro atoms. The maximum Gasteiger partial charge on any atom is 0.347 e. The SMILES string of the molecule is CCOC(=O)C(=CN1CCC(C(c2ccccc2)c2ccccc2)CC1)C(=O)OCC. The van der Waals surface area contributed by atoms with Crippen molar-refractivity contribution in [2.45, 2.75) is 32.6 Å². The first-order valence-electron chi connectivity index (χ1n) is 11.0. The van der Waals surface area contributed by atoms with E-state index >= 15 is 0 Å². The van der Waals surface area contributed by atoms with Crippen molar-refractivity contribution < 1.29 is 19.1 Å². The standard InChI is InChI=1S/C26H31NO4/c1-3-30-25(28)23(26(29)31-4-2)19-27-17-15-22(16-18-27)24(20-11-7-5-8-12-20)21-13-9-6-10-14-21/h5-14,19,22,24H,3-4,15-18H2,1-2H3. The van der Waals surface area contributed by atoms with E-state index in [-0.39, 0.29) is 18.8 Å². The number of nitrogens with zero attached hydrogens (tertiary/aromatic N) is 1. The zero-order valence-electron chi connectivity index (χ0n) is 18.3. The molecular formula is C26H31NO4. The Morgan fingerprint density at radius 2 is 1.32 bits per heavy atom. The number of hydrogen-bond donors (Lipinski definition) is 0. The molecule has 1 fully saturated rings. The van der Waals surface area contributed by atoms with E-state index in [0.29, 0.717) is 11.8 Å². The Morgan fingerprint density at radius 1 is 0.871 bits per heavy atom. The van der Waals surface area contributed by atoms with Crippen LogP contribution in [-0.4, -0.2) is 43.1 Å². The summed E-state index contributed by atoms with van der Waals surface area (Å²) in [5.41, 5.74) is 2.60. The molecule has 0 bridgehead atoms. The zero-order chi connectivity index (χ0) is 22.1. The minimum absolute atomic E-state index is 0.0372. The lowest BCUT2D eigenvalue weighted by Crippen LogP contribution is -2.34. The van der Waals surface area contributed by atoms with Gasteiger partial charge in [-0.1, -0.05) is 60.7 Å². The van der Waals surface area contributed by atoms with Gasteiger partial charge in [0, 0.05) is 25.2 Å². The predicted molar refractivity (Wildman–Crippen MR) is 120 cm³/mol. The van der Waals surface area contributed by atoms with E-state index in [1.54, 1.807) is 20.0 Å². The molecule has 1 saturated heterocycles. The van der Waals surface area contributed by atoms with Crippen molar-refractivity contribution in [3.8, 4) is 0 Å². The van der Waals surface area contributed by atoms with Crippen LogP contribution in [0.25, 0.3) is 0 Å². The van der Waals surface area contributed by atoms with E-state index in [1.807, 2.05) is 17.0 Å². The molecule has 2 aromatic rings. The quantitative estimate of drug-likeness (QED) is 0.271. The Labute approximate surface area is 184 Å². The highest BCUT2D eigenvalue weighted by Gasteiger charge is 2.29. The van der Waals surface area contributed by atoms with E-state index in [0.717, 1.165) is 25.9 Å². The Kier molecular flexibility index (Phi) is 8.27. The summed E-state index contributed by atoms with van der Waals surface area (Å²) >= 11 is 0. The van der Waals surface area contributed by atoms with Crippen molar-refractivity contribution in [1.82, 2.24) is 4.90 Å². The Balaban J connectivity index is 1.76. The molecule has 0 atom stereocenters. The van der Waals surface area contributed by atoms with Crippen LogP contribution in [-0.2, 0) is 19.1 Å². The van der Waals surface area contributed by atoms with Crippen LogP contribution in [0.4, 0.5) is 0 Å². The Morgan fingerprint density at radius 3 is 1.74 bits per heavy atom. The first-order valence-corrected chi connectivity index (χ1v) is 11.0. The summed E-state index contributed by atoms with van der Waals surface area (Å²) in [6, 6.07) is 21.3. The van der Waals surface area contributed by atoms with Crippen molar-refractivity contribution in [1.29, 1.82) is 0 Å². The number of hydrogen-bond acceptors (Lipinski definition) is 5. The lowest BCUT2D eigenvalue weighted by atomic mass is 9.76. The van der Waals surface area contributed by atoms with Crippen LogP contribution in [0.2, 0.25) is 0 Å². The highest BCUT2D eigenvalue weighted by Crippen LogP contribution is 2.38. The van der Waals surface area contributed by atoms with Crippen LogP contribution in [0.15, 0.2) is 72.4 Å². The van der Waals surface area contributed by atoms with E-state index in [2.05, 4.69) is 48.5 Å². The van der Waals surface area contributed by atoms with E-state index in [4.69, 9.17) is 9.47 Å². The molecule has 1 aliphatic heterocycles. The van der Waals surface area contributed by atoms with Gasteiger partial charge in [-0.2, -0.15) is 0 Å². The second-order valence-corrected chi connectivity index (χ2v) is 7.66. The number of benzene rings is 2. The summed E-state index contributed by atoms with van der Waals surface area (Å²) in [4.78, 5) is 26.6. The highest BCUT2D eigenvalue weighted by molar-refractivity contribution is 6.13. The third-order valence-electron chi connectivity index (χ3n) is 5.67. The molecule has 164 valence electrons. The fraction of sp³-hybridized carbons (Fsp3) is 0.385. The fourth-order valence-corrected chi connectivity index (χ4v) is 4.23. The first-order chi connectivity index (χ1) is 15.1. The van der Waals surface area contributed by atoms with E-state index in [9.17, 15) is 9.59 Å². The summed E-state index contributed by atoms with van der Waals surface area (Å²) in [5, 5.41) is 0. The maximum atomic E-state index is 12.3. The van der Waals surface area contributed by atoms with Crippen molar-refractivity contribution >= 4 is 11.9 Å². The van der Waals surface area contributed by atoms with Crippen molar-refractivity contribution in [2.75, 3.05) is 26.3 Å². The van der Waals surface area contributed by atoms with Gasteiger partial charge >= 0.3 is 11.9 Å². The number of rotatable bonds is 8. The monoisotopic (exact) mass is 421 g/mol. The first kappa shape index (κ1) is 22.6. The molecule has 0 radical (unpaired) electrons. The summed E-state index contributed by atoms with van der Waals surface area (Å²) in [7, 11) is 0. The number of carbonyl (C=O) groups is 2. The molecule has 0 unspecified atom stereocenters. The number of likely N-dealkylation sites (tertiary alicyclic amines) is 1. The maximum absolute atomic E-state index is 12.3. The topological polar surface area (TPSA) is 55.8 Å². The van der Waals surface area contributed by atoms with Gasteiger partial charge in [-0.15, -0.1) is 0 Å². The van der Waals surface area contributed by atoms with Gasteiger partial charge in [0.15, 0.2) is 5.57 Å². The molecule has 5 nitrogen and oxygen atoms in total. The number of ether oxygens (including phenoxy) is 2. The summed E-state index contributed by atoms with van der Waals surface area (Å²) < 4.78 is 10.1. The van der Waals surface area contributed by atoms with Crippen molar-refractivity contribution in [3.63, 3.8) is 0 Å². The van der Waals surface area contributed by atoms with E-state index < -0.39 is 11.9 Å². The molecule has 5 heteroatoms. The Hall–Kier alpha value is -3.08. The largest absolute Gasteiger partial charge is 0.462 e. The van der Waals surface area contributed by atoms with Crippen LogP contribution < -0.4 is 0 Å². The molecular weight excluding hydrogens is 390 g/mol. The summed E-state index contributed by atoms with van der Waals surface area (Å²) in [6.45, 7) is 5.41. The van der Waals surface area contributed by atoms with Crippen LogP contribution in [0.1, 0.15) is 43.7 Å². The smallest absolute Gasteiger partial charge is 0.347 e. The highest BCUT2D eigenvalue weighted by atomic mass is 16.6. The third-order valence-corrected chi connectivity index (χ3v) is 5.67. The lowest BCUT2D eigenvalue weighted by molar-refractivity contribution is -0.146. The van der Waals surface area contributed by atoms with Crippen LogP contribution in [0.3, 0.4) is 0 Å². The van der Waals surface area contributed by atoms with Crippen molar-refractivity contribution in [2.24, 2.45) is 5.92 Å². The predicted octanol–water partition coefficient (Wildman–Crippen LogP) is 4.54. The molecule has 0 N–H and O–H groups in total. The second-order valence-electron chi connectivity index (χ2n) is 7.66. The molecule has 3 rings (SSSR count). The Bertz CT molecular complexity index is 811. The molecule has 0 aromatic heterocycles. The van der Waals surface area contributed by atoms with Gasteiger partial charge in [-0.3, -0.25) is 0 Å². The average Bonchev–Trinajstić information content (AvgIpc) is 2.80. The average molecular weight is 422 g/mol. The molecule has 31 heavy (non-hydrogen) atoms.